The Hall–Kier alpha value is -0.760. The predicted molar refractivity (Wildman–Crippen MR) is 112 cm³/mol. The highest BCUT2D eigenvalue weighted by molar-refractivity contribution is 5.18. The molecule has 0 aromatic heterocycles. The van der Waals surface area contributed by atoms with Gasteiger partial charge in [0.05, 0.1) is 18.3 Å². The molecule has 0 saturated carbocycles. The van der Waals surface area contributed by atoms with E-state index < -0.39 is 5.79 Å². The minimum atomic E-state index is -1.11. The van der Waals surface area contributed by atoms with Crippen molar-refractivity contribution in [3.8, 4) is 0 Å². The van der Waals surface area contributed by atoms with Gasteiger partial charge in [0.15, 0.2) is 12.1 Å². The number of rotatable bonds is 10. The highest BCUT2D eigenvalue weighted by Gasteiger charge is 2.50. The van der Waals surface area contributed by atoms with Crippen LogP contribution in [0, 0.1) is 11.8 Å². The van der Waals surface area contributed by atoms with Gasteiger partial charge in [-0.25, -0.2) is 0 Å². The summed E-state index contributed by atoms with van der Waals surface area (Å²) in [4.78, 5) is 0. The fourth-order valence-electron chi connectivity index (χ4n) is 4.33. The lowest BCUT2D eigenvalue weighted by Gasteiger charge is -2.50. The average molecular weight is 413 g/mol. The summed E-state index contributed by atoms with van der Waals surface area (Å²) < 4.78 is 28.4. The maximum Gasteiger partial charge on any atom is 0.174 e. The number of hydrogen-bond donors (Lipinski definition) is 1. The van der Waals surface area contributed by atoms with Gasteiger partial charge in [-0.2, -0.15) is 0 Å². The number of ether oxygens (including phenoxy) is 5. The fraction of sp³-hybridized carbons (Fsp3) is 0.826. The zero-order valence-electron chi connectivity index (χ0n) is 19.1. The lowest BCUT2D eigenvalue weighted by molar-refractivity contribution is -0.351. The summed E-state index contributed by atoms with van der Waals surface area (Å²) in [5, 5.41) is 10.8. The van der Waals surface area contributed by atoms with Crippen LogP contribution in [0.2, 0.25) is 0 Å². The van der Waals surface area contributed by atoms with Crippen LogP contribution in [0.1, 0.15) is 53.4 Å². The van der Waals surface area contributed by atoms with Crippen molar-refractivity contribution in [1.29, 1.82) is 0 Å². The maximum absolute atomic E-state index is 10.8. The number of hydrogen-bond acceptors (Lipinski definition) is 6. The molecular weight excluding hydrogens is 372 g/mol. The van der Waals surface area contributed by atoms with E-state index in [2.05, 4.69) is 13.8 Å². The Morgan fingerprint density at radius 2 is 1.90 bits per heavy atom. The molecule has 0 unspecified atom stereocenters. The van der Waals surface area contributed by atoms with Crippen molar-refractivity contribution >= 4 is 0 Å². The fourth-order valence-corrected chi connectivity index (χ4v) is 4.33. The molecule has 2 fully saturated rings. The van der Waals surface area contributed by atoms with Crippen molar-refractivity contribution < 1.29 is 28.8 Å². The van der Waals surface area contributed by atoms with Crippen LogP contribution in [0.15, 0.2) is 23.8 Å². The quantitative estimate of drug-likeness (QED) is 0.550. The smallest absolute Gasteiger partial charge is 0.174 e. The molecule has 29 heavy (non-hydrogen) atoms. The molecule has 0 radical (unpaired) electrons. The molecule has 1 N–H and O–H groups in total. The van der Waals surface area contributed by atoms with Crippen LogP contribution in [0.25, 0.3) is 0 Å². The monoisotopic (exact) mass is 412 g/mol. The Morgan fingerprint density at radius 3 is 2.45 bits per heavy atom. The lowest BCUT2D eigenvalue weighted by Crippen LogP contribution is -2.58. The molecule has 0 aliphatic carbocycles. The van der Waals surface area contributed by atoms with E-state index in [9.17, 15) is 5.11 Å². The van der Waals surface area contributed by atoms with Crippen molar-refractivity contribution in [2.75, 3.05) is 21.3 Å². The highest BCUT2D eigenvalue weighted by atomic mass is 16.7. The zero-order valence-corrected chi connectivity index (χ0v) is 19.1. The lowest BCUT2D eigenvalue weighted by atomic mass is 9.81. The molecular formula is C23H40O6. The van der Waals surface area contributed by atoms with Crippen LogP contribution < -0.4 is 0 Å². The van der Waals surface area contributed by atoms with Crippen LogP contribution in [0.3, 0.4) is 0 Å². The van der Waals surface area contributed by atoms with Crippen LogP contribution in [0.5, 0.6) is 0 Å². The topological polar surface area (TPSA) is 66.4 Å². The molecule has 2 aliphatic rings. The molecule has 2 heterocycles. The van der Waals surface area contributed by atoms with E-state index in [0.717, 1.165) is 24.8 Å². The average Bonchev–Trinajstić information content (AvgIpc) is 2.71. The third-order valence-corrected chi connectivity index (χ3v) is 6.53. The second-order valence-electron chi connectivity index (χ2n) is 8.40. The summed E-state index contributed by atoms with van der Waals surface area (Å²) >= 11 is 0. The molecule has 6 nitrogen and oxygen atoms in total. The minimum absolute atomic E-state index is 0.0252. The van der Waals surface area contributed by atoms with Crippen LogP contribution in [-0.4, -0.2) is 62.9 Å². The van der Waals surface area contributed by atoms with Crippen molar-refractivity contribution in [2.24, 2.45) is 11.8 Å². The Kier molecular flexibility index (Phi) is 9.32. The third kappa shape index (κ3) is 5.90. The third-order valence-electron chi connectivity index (χ3n) is 6.53. The Labute approximate surface area is 176 Å². The zero-order chi connectivity index (χ0) is 21.6. The number of aliphatic hydroxyl groups is 1. The standard InChI is InChI=1S/C23H40O6/c1-8-18(25-5)17(4)20-14-23(24,29-20)16(3)11-9-10-15(2)22-19(26-6)12-13-21(27-7)28-22/h9-11,16-22,24H,8,12-14H2,1-7H3/b11-9+,15-10+/t16-,17+,18-,19+,20+,21+,22+,23-/m0/s1. The van der Waals surface area contributed by atoms with Gasteiger partial charge in [0.1, 0.15) is 6.10 Å². The normalized spacial score (nSPS) is 36.6. The van der Waals surface area contributed by atoms with E-state index in [1.165, 1.54) is 0 Å². The molecule has 0 bridgehead atoms. The van der Waals surface area contributed by atoms with Gasteiger partial charge in [-0.1, -0.05) is 39.0 Å². The first-order valence-electron chi connectivity index (χ1n) is 10.8. The van der Waals surface area contributed by atoms with Crippen molar-refractivity contribution in [1.82, 2.24) is 0 Å². The van der Waals surface area contributed by atoms with Gasteiger partial charge in [-0.15, -0.1) is 0 Å². The van der Waals surface area contributed by atoms with Crippen LogP contribution in [-0.2, 0) is 23.7 Å². The molecule has 8 atom stereocenters. The van der Waals surface area contributed by atoms with Gasteiger partial charge >= 0.3 is 0 Å². The van der Waals surface area contributed by atoms with Crippen LogP contribution in [0.4, 0.5) is 0 Å². The molecule has 2 rings (SSSR count). The molecule has 2 aliphatic heterocycles. The van der Waals surface area contributed by atoms with Gasteiger partial charge in [0.25, 0.3) is 0 Å². The van der Waals surface area contributed by atoms with Crippen molar-refractivity contribution in [3.63, 3.8) is 0 Å². The SMILES string of the molecule is CC[C@H](OC)[C@@H](C)[C@H]1C[C@@](O)([C@@H](C)/C=C/C=C(\C)[C@H]2O[C@@H](OC)CC[C@H]2OC)O1. The van der Waals surface area contributed by atoms with Crippen molar-refractivity contribution in [3.05, 3.63) is 23.8 Å². The first kappa shape index (κ1) is 24.5. The van der Waals surface area contributed by atoms with Gasteiger partial charge in [-0.05, 0) is 25.3 Å². The van der Waals surface area contributed by atoms with Crippen molar-refractivity contribution in [2.45, 2.75) is 89.9 Å². The minimum Gasteiger partial charge on any atom is -0.381 e. The van der Waals surface area contributed by atoms with Gasteiger partial charge in [0, 0.05) is 46.0 Å². The summed E-state index contributed by atoms with van der Waals surface area (Å²) in [7, 11) is 5.11. The van der Waals surface area contributed by atoms with Gasteiger partial charge < -0.3 is 28.8 Å². The molecule has 0 aromatic carbocycles. The summed E-state index contributed by atoms with van der Waals surface area (Å²) in [5.41, 5.74) is 1.07. The molecule has 6 heteroatoms. The molecule has 0 aromatic rings. The summed E-state index contributed by atoms with van der Waals surface area (Å²) in [6.07, 6.45) is 9.14. The van der Waals surface area contributed by atoms with E-state index in [-0.39, 0.29) is 42.5 Å². The van der Waals surface area contributed by atoms with Gasteiger partial charge in [0.2, 0.25) is 0 Å². The summed E-state index contributed by atoms with van der Waals surface area (Å²) in [5.74, 6) is -0.970. The first-order valence-corrected chi connectivity index (χ1v) is 10.8. The van der Waals surface area contributed by atoms with Crippen LogP contribution >= 0.6 is 0 Å². The second-order valence-corrected chi connectivity index (χ2v) is 8.40. The maximum atomic E-state index is 10.8. The first-order chi connectivity index (χ1) is 13.8. The van der Waals surface area contributed by atoms with E-state index in [1.807, 2.05) is 32.1 Å². The predicted octanol–water partition coefficient (Wildman–Crippen LogP) is 3.83. The van der Waals surface area contributed by atoms with Gasteiger partial charge in [-0.3, -0.25) is 0 Å². The number of allylic oxidation sites excluding steroid dienone is 2. The second kappa shape index (κ2) is 11.0. The Morgan fingerprint density at radius 1 is 1.21 bits per heavy atom. The van der Waals surface area contributed by atoms with E-state index >= 15 is 0 Å². The number of methoxy groups -OCH3 is 3. The van der Waals surface area contributed by atoms with E-state index in [0.29, 0.717) is 6.42 Å². The summed E-state index contributed by atoms with van der Waals surface area (Å²) in [6.45, 7) is 8.24. The molecule has 2 saturated heterocycles. The Bertz CT molecular complexity index is 550. The van der Waals surface area contributed by atoms with E-state index in [4.69, 9.17) is 23.7 Å². The largest absolute Gasteiger partial charge is 0.381 e. The molecule has 0 spiro atoms. The highest BCUT2D eigenvalue weighted by Crippen LogP contribution is 2.42. The molecule has 0 amide bonds. The molecule has 168 valence electrons. The Balaban J connectivity index is 1.92. The van der Waals surface area contributed by atoms with E-state index in [1.54, 1.807) is 21.3 Å². The summed E-state index contributed by atoms with van der Waals surface area (Å²) in [6, 6.07) is 0.